The van der Waals surface area contributed by atoms with Crippen LogP contribution in [0.25, 0.3) is 0 Å². The lowest BCUT2D eigenvalue weighted by molar-refractivity contribution is -0.119. The van der Waals surface area contributed by atoms with E-state index in [2.05, 4.69) is 29.7 Å². The highest BCUT2D eigenvalue weighted by molar-refractivity contribution is 7.99. The zero-order chi connectivity index (χ0) is 14.3. The van der Waals surface area contributed by atoms with Crippen LogP contribution in [-0.4, -0.2) is 23.7 Å². The molecule has 3 amide bonds. The molecule has 0 aliphatic carbocycles. The fraction of sp³-hybridized carbons (Fsp3) is 0.429. The Kier molecular flexibility index (Phi) is 6.42. The summed E-state index contributed by atoms with van der Waals surface area (Å²) < 4.78 is 0. The molecule has 0 bridgehead atoms. The van der Waals surface area contributed by atoms with Gasteiger partial charge in [-0.3, -0.25) is 10.1 Å². The van der Waals surface area contributed by atoms with Crippen LogP contribution in [0.15, 0.2) is 24.3 Å². The van der Waals surface area contributed by atoms with E-state index < -0.39 is 6.03 Å². The smallest absolute Gasteiger partial charge is 0.321 e. The number of carbonyl (C=O) groups is 2. The van der Waals surface area contributed by atoms with Crippen molar-refractivity contribution in [3.05, 3.63) is 35.4 Å². The summed E-state index contributed by atoms with van der Waals surface area (Å²) in [7, 11) is 0. The molecule has 0 fully saturated rings. The monoisotopic (exact) mass is 280 g/mol. The van der Waals surface area contributed by atoms with Gasteiger partial charge >= 0.3 is 6.03 Å². The first-order valence-electron chi connectivity index (χ1n) is 6.29. The van der Waals surface area contributed by atoms with E-state index in [-0.39, 0.29) is 11.2 Å². The Morgan fingerprint density at radius 3 is 2.63 bits per heavy atom. The summed E-state index contributed by atoms with van der Waals surface area (Å²) in [5.74, 6) is 0.501. The Morgan fingerprint density at radius 1 is 1.32 bits per heavy atom. The Hall–Kier alpha value is -1.49. The van der Waals surface area contributed by atoms with E-state index in [0.29, 0.717) is 6.54 Å². The molecule has 0 spiro atoms. The fourth-order valence-electron chi connectivity index (χ4n) is 1.48. The Labute approximate surface area is 118 Å². The molecule has 2 N–H and O–H groups in total. The van der Waals surface area contributed by atoms with Crippen molar-refractivity contribution in [1.82, 2.24) is 10.6 Å². The largest absolute Gasteiger partial charge is 0.338 e. The van der Waals surface area contributed by atoms with Crippen LogP contribution >= 0.6 is 11.8 Å². The molecule has 1 rings (SSSR count). The van der Waals surface area contributed by atoms with Crippen molar-refractivity contribution in [2.75, 3.05) is 6.54 Å². The second-order valence-electron chi connectivity index (χ2n) is 4.23. The number of amides is 3. The highest BCUT2D eigenvalue weighted by atomic mass is 32.2. The predicted octanol–water partition coefficient (Wildman–Crippen LogP) is 2.46. The number of nitrogens with one attached hydrogen (secondary N) is 2. The maximum atomic E-state index is 11.7. The third-order valence-corrected chi connectivity index (χ3v) is 3.89. The molecule has 0 radical (unpaired) electrons. The van der Waals surface area contributed by atoms with Gasteiger partial charge < -0.3 is 5.32 Å². The van der Waals surface area contributed by atoms with Crippen LogP contribution in [0.1, 0.15) is 25.0 Å². The van der Waals surface area contributed by atoms with E-state index in [0.717, 1.165) is 5.75 Å². The molecule has 104 valence electrons. The van der Waals surface area contributed by atoms with Crippen LogP contribution in [0.4, 0.5) is 4.79 Å². The van der Waals surface area contributed by atoms with Gasteiger partial charge in [0.1, 0.15) is 0 Å². The number of benzene rings is 1. The Balaban J connectivity index is 2.43. The number of imide groups is 1. The SMILES string of the molecule is CCNC(=O)NC(=O)[C@H](C)SCc1ccccc1C. The number of aryl methyl sites for hydroxylation is 1. The van der Waals surface area contributed by atoms with Crippen LogP contribution in [0.5, 0.6) is 0 Å². The first-order chi connectivity index (χ1) is 9.04. The van der Waals surface area contributed by atoms with Crippen molar-refractivity contribution in [2.24, 2.45) is 0 Å². The van der Waals surface area contributed by atoms with Gasteiger partial charge in [-0.2, -0.15) is 0 Å². The zero-order valence-corrected chi connectivity index (χ0v) is 12.3. The number of urea groups is 1. The highest BCUT2D eigenvalue weighted by Gasteiger charge is 2.16. The van der Waals surface area contributed by atoms with E-state index in [4.69, 9.17) is 0 Å². The molecule has 0 unspecified atom stereocenters. The summed E-state index contributed by atoms with van der Waals surface area (Å²) in [6, 6.07) is 7.65. The molecule has 1 aromatic carbocycles. The van der Waals surface area contributed by atoms with Gasteiger partial charge in [0.2, 0.25) is 5.91 Å². The molecule has 0 aromatic heterocycles. The number of thioether (sulfide) groups is 1. The van der Waals surface area contributed by atoms with Gasteiger partial charge in [0.15, 0.2) is 0 Å². The summed E-state index contributed by atoms with van der Waals surface area (Å²) in [4.78, 5) is 23.0. The minimum atomic E-state index is -0.434. The predicted molar refractivity (Wildman–Crippen MR) is 79.2 cm³/mol. The van der Waals surface area contributed by atoms with E-state index in [1.165, 1.54) is 22.9 Å². The van der Waals surface area contributed by atoms with Crippen molar-refractivity contribution < 1.29 is 9.59 Å². The average molecular weight is 280 g/mol. The average Bonchev–Trinajstić information content (AvgIpc) is 2.37. The van der Waals surface area contributed by atoms with Crippen molar-refractivity contribution in [2.45, 2.75) is 31.8 Å². The van der Waals surface area contributed by atoms with Gasteiger partial charge in [0.25, 0.3) is 0 Å². The van der Waals surface area contributed by atoms with Gasteiger partial charge in [-0.15, -0.1) is 11.8 Å². The summed E-state index contributed by atoms with van der Waals surface area (Å²) in [5.41, 5.74) is 2.43. The molecular weight excluding hydrogens is 260 g/mol. The van der Waals surface area contributed by atoms with Crippen LogP contribution < -0.4 is 10.6 Å². The van der Waals surface area contributed by atoms with Gasteiger partial charge in [0.05, 0.1) is 5.25 Å². The minimum Gasteiger partial charge on any atom is -0.338 e. The van der Waals surface area contributed by atoms with Crippen molar-refractivity contribution in [3.8, 4) is 0 Å². The molecule has 0 saturated carbocycles. The van der Waals surface area contributed by atoms with Gasteiger partial charge in [-0.1, -0.05) is 24.3 Å². The molecule has 4 nitrogen and oxygen atoms in total. The summed E-state index contributed by atoms with van der Waals surface area (Å²) >= 11 is 1.52. The van der Waals surface area contributed by atoms with Crippen LogP contribution in [0.3, 0.4) is 0 Å². The number of carbonyl (C=O) groups excluding carboxylic acids is 2. The molecular formula is C14H20N2O2S. The third kappa shape index (κ3) is 5.34. The number of rotatable bonds is 5. The molecule has 1 aromatic rings. The summed E-state index contributed by atoms with van der Waals surface area (Å²) in [6.07, 6.45) is 0. The van der Waals surface area contributed by atoms with Crippen LogP contribution in [0.2, 0.25) is 0 Å². The van der Waals surface area contributed by atoms with Gasteiger partial charge in [-0.05, 0) is 31.9 Å². The molecule has 0 heterocycles. The van der Waals surface area contributed by atoms with Crippen LogP contribution in [-0.2, 0) is 10.5 Å². The number of hydrogen-bond donors (Lipinski definition) is 2. The highest BCUT2D eigenvalue weighted by Crippen LogP contribution is 2.20. The third-order valence-electron chi connectivity index (χ3n) is 2.69. The lowest BCUT2D eigenvalue weighted by Gasteiger charge is -2.12. The maximum Gasteiger partial charge on any atom is 0.321 e. The quantitative estimate of drug-likeness (QED) is 0.871. The van der Waals surface area contributed by atoms with Crippen LogP contribution in [0, 0.1) is 6.92 Å². The molecule has 0 aliphatic rings. The Bertz CT molecular complexity index is 449. The first kappa shape index (κ1) is 15.6. The first-order valence-corrected chi connectivity index (χ1v) is 7.34. The van der Waals surface area contributed by atoms with Gasteiger partial charge in [0, 0.05) is 12.3 Å². The topological polar surface area (TPSA) is 58.2 Å². The Morgan fingerprint density at radius 2 is 2.00 bits per heavy atom. The molecule has 19 heavy (non-hydrogen) atoms. The second kappa shape index (κ2) is 7.84. The molecule has 5 heteroatoms. The molecule has 0 aliphatic heterocycles. The lowest BCUT2D eigenvalue weighted by Crippen LogP contribution is -2.42. The van der Waals surface area contributed by atoms with Crippen molar-refractivity contribution >= 4 is 23.7 Å². The summed E-state index contributed by atoms with van der Waals surface area (Å²) in [5, 5.41) is 4.59. The maximum absolute atomic E-state index is 11.7. The van der Waals surface area contributed by atoms with E-state index in [1.54, 1.807) is 13.8 Å². The van der Waals surface area contributed by atoms with Crippen molar-refractivity contribution in [1.29, 1.82) is 0 Å². The van der Waals surface area contributed by atoms with E-state index in [1.807, 2.05) is 12.1 Å². The fourth-order valence-corrected chi connectivity index (χ4v) is 2.44. The summed E-state index contributed by atoms with van der Waals surface area (Å²) in [6.45, 7) is 6.16. The normalized spacial score (nSPS) is 11.7. The van der Waals surface area contributed by atoms with E-state index in [9.17, 15) is 9.59 Å². The zero-order valence-electron chi connectivity index (χ0n) is 11.5. The molecule has 1 atom stereocenters. The second-order valence-corrected chi connectivity index (χ2v) is 5.56. The standard InChI is InChI=1S/C14H20N2O2S/c1-4-15-14(18)16-13(17)11(3)19-9-12-8-6-5-7-10(12)2/h5-8,11H,4,9H2,1-3H3,(H2,15,16,17,18)/t11-/m0/s1. The lowest BCUT2D eigenvalue weighted by atomic mass is 10.1. The van der Waals surface area contributed by atoms with E-state index >= 15 is 0 Å². The van der Waals surface area contributed by atoms with Crippen molar-refractivity contribution in [3.63, 3.8) is 0 Å². The van der Waals surface area contributed by atoms with Gasteiger partial charge in [-0.25, -0.2) is 4.79 Å². The minimum absolute atomic E-state index is 0.260. The molecule has 0 saturated heterocycles. The number of hydrogen-bond acceptors (Lipinski definition) is 3.